The molecule has 0 radical (unpaired) electrons. The molecule has 0 spiro atoms. The molecule has 0 saturated carbocycles. The summed E-state index contributed by atoms with van der Waals surface area (Å²) in [6.45, 7) is 13.7. The van der Waals surface area contributed by atoms with E-state index in [4.69, 9.17) is 49.7 Å². The van der Waals surface area contributed by atoms with E-state index in [2.05, 4.69) is 16.0 Å². The van der Waals surface area contributed by atoms with E-state index in [0.717, 1.165) is 52.6 Å². The third kappa shape index (κ3) is 29.0. The van der Waals surface area contributed by atoms with E-state index < -0.39 is 77.1 Å². The summed E-state index contributed by atoms with van der Waals surface area (Å²) >= 11 is 0. The second kappa shape index (κ2) is 42.7. The van der Waals surface area contributed by atoms with Crippen molar-refractivity contribution in [2.45, 2.75) is 186 Å². The van der Waals surface area contributed by atoms with Gasteiger partial charge in [0.15, 0.2) is 11.6 Å². The Hall–Kier alpha value is -9.17. The summed E-state index contributed by atoms with van der Waals surface area (Å²) < 4.78 is 36.9. The van der Waals surface area contributed by atoms with Crippen LogP contribution in [0.3, 0.4) is 0 Å². The first-order valence-corrected chi connectivity index (χ1v) is 33.4. The Morgan fingerprint density at radius 3 is 0.910 bits per heavy atom. The van der Waals surface area contributed by atoms with Crippen molar-refractivity contribution in [2.24, 2.45) is 5.73 Å². The molecule has 20 heteroatoms. The highest BCUT2D eigenvalue weighted by Crippen LogP contribution is 2.35. The molecule has 0 aromatic heterocycles. The minimum absolute atomic E-state index is 0. The number of ketones is 2. The van der Waals surface area contributed by atoms with Gasteiger partial charge in [-0.15, -0.1) is 0 Å². The number of nitrogens with two attached hydrogens (primary N) is 1. The topological polar surface area (TPSA) is 313 Å². The standard InChI is InChI=1S/2C21H25NO4.C21H23NO4.C13H17NO2.C2H6.2CH4.N2/c3*1-21(15-26-21)19(23)18(13-12-16-8-4-2-5-9-16)22-20(24)25-14-17-10-6-3-7-11-17;1-13(9-16-13)12(15)11(14)8-7-10-5-3-2-4-6-10;1-2;;;1-2/h2*2-11,18-19,23H,12-15H2,1H3,(H,22,24);2-11,18H,12-15H2,1H3,(H,22,24);2-6,11H,7-9,14H2,1H3;1-2H3;2*1H4;/t2*18?,19-,21+;18?,21-;11?,13-;;;;/m1011..../s1. The molecule has 7 aromatic carbocycles. The summed E-state index contributed by atoms with van der Waals surface area (Å²) in [5.74, 6) is -0.0754. The number of benzene rings is 7. The van der Waals surface area contributed by atoms with E-state index in [0.29, 0.717) is 58.5 Å². The van der Waals surface area contributed by atoms with Crippen LogP contribution in [0.4, 0.5) is 14.4 Å². The first-order chi connectivity index (χ1) is 47.3. The number of nitrogens with zero attached hydrogens (tertiary/aromatic N) is 2. The largest absolute Gasteiger partial charge is 0.445 e. The summed E-state index contributed by atoms with van der Waals surface area (Å²) in [7, 11) is 0. The highest BCUT2D eigenvalue weighted by atomic mass is 16.6. The SMILES string of the molecule is C.C.CC.C[C@@]1([C@H](O)C(CCc2ccccc2)NC(=O)OCc2ccccc2)CO1.C[C@]1(C(=O)C(CCc2ccccc2)NC(=O)OCc2ccccc2)CO1.C[C@]1(C(=O)C(N)CCc2ccccc2)CO1.C[C@]1([C@@H](O)C(CCc2ccccc2)NC(=O)OCc2ccccc2)CO1.N#N. The van der Waals surface area contributed by atoms with E-state index in [1.54, 1.807) is 13.8 Å². The quantitative estimate of drug-likeness (QED) is 0.0144. The Morgan fingerprint density at radius 1 is 0.400 bits per heavy atom. The van der Waals surface area contributed by atoms with Crippen LogP contribution in [0.25, 0.3) is 0 Å². The number of rotatable bonds is 29. The Labute approximate surface area is 591 Å². The zero-order valence-corrected chi connectivity index (χ0v) is 57.0. The number of hydrogen-bond acceptors (Lipinski definition) is 17. The number of carbonyl (C=O) groups excluding carboxylic acids is 5. The van der Waals surface area contributed by atoms with Crippen molar-refractivity contribution in [1.29, 1.82) is 10.8 Å². The number of epoxide rings is 4. The molecule has 4 unspecified atom stereocenters. The molecular weight excluding hydrogens is 1270 g/mol. The number of hydrogen-bond donors (Lipinski definition) is 6. The van der Waals surface area contributed by atoms with Crippen molar-refractivity contribution in [3.63, 3.8) is 0 Å². The van der Waals surface area contributed by atoms with Gasteiger partial charge in [0.25, 0.3) is 0 Å². The minimum atomic E-state index is -0.784. The molecule has 7 aromatic rings. The lowest BCUT2D eigenvalue weighted by molar-refractivity contribution is -0.126. The molecule has 0 aliphatic carbocycles. The van der Waals surface area contributed by atoms with Crippen molar-refractivity contribution >= 4 is 29.8 Å². The van der Waals surface area contributed by atoms with Gasteiger partial charge in [0.05, 0.1) is 50.6 Å². The van der Waals surface area contributed by atoms with Crippen LogP contribution in [-0.2, 0) is 88.3 Å². The molecule has 4 heterocycles. The van der Waals surface area contributed by atoms with Gasteiger partial charge in [0.1, 0.15) is 54.4 Å². The maximum Gasteiger partial charge on any atom is 0.408 e. The number of aliphatic hydroxyl groups is 2. The van der Waals surface area contributed by atoms with Crippen molar-refractivity contribution in [2.75, 3.05) is 26.4 Å². The Balaban J connectivity index is 0.000000280. The number of ether oxygens (including phenoxy) is 7. The molecule has 538 valence electrons. The lowest BCUT2D eigenvalue weighted by Gasteiger charge is -2.26. The van der Waals surface area contributed by atoms with Crippen molar-refractivity contribution < 1.29 is 67.3 Å². The minimum Gasteiger partial charge on any atom is -0.445 e. The number of aryl methyl sites for hydroxylation is 4. The Morgan fingerprint density at radius 2 is 0.640 bits per heavy atom. The van der Waals surface area contributed by atoms with E-state index in [-0.39, 0.29) is 46.2 Å². The first kappa shape index (κ1) is 83.3. The highest BCUT2D eigenvalue weighted by Gasteiger charge is 2.52. The van der Waals surface area contributed by atoms with Crippen LogP contribution >= 0.6 is 0 Å². The summed E-state index contributed by atoms with van der Waals surface area (Å²) in [6, 6.07) is 66.4. The fraction of sp³-hybridized carbons (Fsp3) is 0.412. The fourth-order valence-electron chi connectivity index (χ4n) is 10.3. The summed E-state index contributed by atoms with van der Waals surface area (Å²) in [5, 5.41) is 41.6. The Bertz CT molecular complexity index is 3350. The smallest absolute Gasteiger partial charge is 0.408 e. The van der Waals surface area contributed by atoms with Crippen LogP contribution < -0.4 is 21.7 Å². The van der Waals surface area contributed by atoms with Gasteiger partial charge in [-0.1, -0.05) is 241 Å². The second-order valence-corrected chi connectivity index (χ2v) is 24.9. The third-order valence-electron chi connectivity index (χ3n) is 16.9. The maximum atomic E-state index is 12.7. The molecule has 11 rings (SSSR count). The van der Waals surface area contributed by atoms with Crippen LogP contribution in [0.15, 0.2) is 212 Å². The highest BCUT2D eigenvalue weighted by molar-refractivity contribution is 5.96. The van der Waals surface area contributed by atoms with Gasteiger partial charge in [0, 0.05) is 10.8 Å². The molecule has 20 nitrogen and oxygen atoms in total. The molecule has 4 aliphatic rings. The van der Waals surface area contributed by atoms with Gasteiger partial charge in [-0.25, -0.2) is 14.4 Å². The zero-order valence-electron chi connectivity index (χ0n) is 57.0. The molecule has 10 atom stereocenters. The second-order valence-electron chi connectivity index (χ2n) is 24.9. The fourth-order valence-corrected chi connectivity index (χ4v) is 10.3. The maximum absolute atomic E-state index is 12.7. The molecule has 4 saturated heterocycles. The van der Waals surface area contributed by atoms with E-state index in [1.807, 2.05) is 240 Å². The third-order valence-corrected chi connectivity index (χ3v) is 16.9. The van der Waals surface area contributed by atoms with Crippen molar-refractivity contribution in [3.05, 3.63) is 251 Å². The van der Waals surface area contributed by atoms with Crippen LogP contribution in [-0.4, -0.2) is 125 Å². The van der Waals surface area contributed by atoms with Crippen LogP contribution in [0, 0.1) is 10.8 Å². The van der Waals surface area contributed by atoms with E-state index >= 15 is 0 Å². The average molecular weight is 1370 g/mol. The summed E-state index contributed by atoms with van der Waals surface area (Å²) in [5.41, 5.74) is 10.7. The summed E-state index contributed by atoms with van der Waals surface area (Å²) in [6.07, 6.45) is 2.19. The molecule has 0 bridgehead atoms. The van der Waals surface area contributed by atoms with Crippen LogP contribution in [0.2, 0.25) is 0 Å². The summed E-state index contributed by atoms with van der Waals surface area (Å²) in [4.78, 5) is 61.0. The normalized spacial score (nSPS) is 20.0. The van der Waals surface area contributed by atoms with Gasteiger partial charge in [0.2, 0.25) is 0 Å². The van der Waals surface area contributed by atoms with Gasteiger partial charge in [-0.3, -0.25) is 9.59 Å². The average Bonchev–Trinajstić information content (AvgIpc) is 1.68. The van der Waals surface area contributed by atoms with Gasteiger partial charge >= 0.3 is 18.3 Å². The van der Waals surface area contributed by atoms with Gasteiger partial charge < -0.3 is 65.1 Å². The van der Waals surface area contributed by atoms with Crippen molar-refractivity contribution in [1.82, 2.24) is 16.0 Å². The number of amides is 3. The molecule has 4 fully saturated rings. The lowest BCUT2D eigenvalue weighted by atomic mass is 9.93. The monoisotopic (exact) mass is 1370 g/mol. The van der Waals surface area contributed by atoms with Gasteiger partial charge in [-0.05, 0) is 118 Å². The van der Waals surface area contributed by atoms with Crippen LogP contribution in [0.1, 0.15) is 121 Å². The molecule has 100 heavy (non-hydrogen) atoms. The molecule has 3 amide bonds. The lowest BCUT2D eigenvalue weighted by Crippen LogP contribution is -2.49. The predicted octanol–water partition coefficient (Wildman–Crippen LogP) is 13.0. The number of Topliss-reactive ketones (excluding diaryl/α,β-unsaturated/α-hetero) is 2. The number of nitrogens with one attached hydrogen (secondary N) is 3. The molecular formula is C80H104N6O14. The number of alkyl carbamates (subject to hydrolysis) is 3. The predicted molar refractivity (Wildman–Crippen MR) is 385 cm³/mol. The number of carbonyl (C=O) groups is 5. The van der Waals surface area contributed by atoms with Crippen molar-refractivity contribution in [3.8, 4) is 0 Å². The molecule has 7 N–H and O–H groups in total. The molecule has 4 aliphatic heterocycles. The Kier molecular flexibility index (Phi) is 35.6. The van der Waals surface area contributed by atoms with Gasteiger partial charge in [-0.2, -0.15) is 0 Å². The van der Waals surface area contributed by atoms with Crippen LogP contribution in [0.5, 0.6) is 0 Å². The number of aliphatic hydroxyl groups excluding tert-OH is 2. The van der Waals surface area contributed by atoms with E-state index in [9.17, 15) is 34.2 Å². The first-order valence-electron chi connectivity index (χ1n) is 33.4. The van der Waals surface area contributed by atoms with E-state index in [1.165, 1.54) is 5.56 Å². The zero-order chi connectivity index (χ0) is 70.8.